The van der Waals surface area contributed by atoms with Gasteiger partial charge in [0, 0.05) is 24.7 Å². The molecule has 0 radical (unpaired) electrons. The highest BCUT2D eigenvalue weighted by Gasteiger charge is 2.31. The lowest BCUT2D eigenvalue weighted by Gasteiger charge is -2.27. The summed E-state index contributed by atoms with van der Waals surface area (Å²) >= 11 is 6.03. The molecular weight excluding hydrogens is 258 g/mol. The van der Waals surface area contributed by atoms with Crippen molar-refractivity contribution in [3.05, 3.63) is 40.4 Å². The maximum absolute atomic E-state index is 8.38. The Labute approximate surface area is 118 Å². The lowest BCUT2D eigenvalue weighted by molar-refractivity contribution is 0.284. The van der Waals surface area contributed by atoms with Gasteiger partial charge < -0.3 is 5.73 Å². The van der Waals surface area contributed by atoms with Gasteiger partial charge in [-0.2, -0.15) is 0 Å². The number of hydrogen-bond acceptors (Lipinski definition) is 3. The summed E-state index contributed by atoms with van der Waals surface area (Å²) in [5.74, 6) is 0. The van der Waals surface area contributed by atoms with Crippen LogP contribution in [0.15, 0.2) is 29.8 Å². The molecule has 4 heteroatoms. The van der Waals surface area contributed by atoms with Crippen LogP contribution in [0.4, 0.5) is 5.69 Å². The number of halogens is 1. The number of benzene rings is 1. The third-order valence-electron chi connectivity index (χ3n) is 3.89. The van der Waals surface area contributed by atoms with Crippen LogP contribution in [-0.4, -0.2) is 29.7 Å². The minimum absolute atomic E-state index is 0.513. The molecule has 1 heterocycles. The van der Waals surface area contributed by atoms with Gasteiger partial charge in [-0.3, -0.25) is 10.3 Å². The number of nitrogens with two attached hydrogens (primary N) is 1. The predicted molar refractivity (Wildman–Crippen MR) is 80.0 cm³/mol. The van der Waals surface area contributed by atoms with Crippen LogP contribution in [0.1, 0.15) is 24.8 Å². The topological polar surface area (TPSA) is 53.1 Å². The van der Waals surface area contributed by atoms with E-state index in [0.29, 0.717) is 16.4 Å². The number of para-hydroxylation sites is 1. The van der Waals surface area contributed by atoms with Gasteiger partial charge in [-0.15, -0.1) is 0 Å². The lowest BCUT2D eigenvalue weighted by atomic mass is 9.97. The molecule has 0 bridgehead atoms. The third kappa shape index (κ3) is 2.53. The number of hydrogen-bond donors (Lipinski definition) is 2. The molecule has 2 aliphatic rings. The SMILES string of the molecule is N=C(C1=CCCN(C2CC2)C1)c1cccc(Cl)c1N. The molecule has 3 nitrogen and oxygen atoms in total. The summed E-state index contributed by atoms with van der Waals surface area (Å²) in [6.07, 6.45) is 5.80. The Hall–Kier alpha value is -1.32. The average Bonchev–Trinajstić information content (AvgIpc) is 3.26. The van der Waals surface area contributed by atoms with Gasteiger partial charge in [0.2, 0.25) is 0 Å². The molecule has 1 fully saturated rings. The number of nitrogens with zero attached hydrogens (tertiary/aromatic N) is 1. The van der Waals surface area contributed by atoms with E-state index in [1.165, 1.54) is 12.8 Å². The maximum Gasteiger partial charge on any atom is 0.0675 e. The summed E-state index contributed by atoms with van der Waals surface area (Å²) in [6.45, 7) is 1.99. The third-order valence-corrected chi connectivity index (χ3v) is 4.22. The van der Waals surface area contributed by atoms with Crippen molar-refractivity contribution in [1.82, 2.24) is 4.90 Å². The van der Waals surface area contributed by atoms with Crippen LogP contribution < -0.4 is 5.73 Å². The zero-order valence-corrected chi connectivity index (χ0v) is 11.6. The first kappa shape index (κ1) is 12.7. The van der Waals surface area contributed by atoms with Crippen LogP contribution >= 0.6 is 11.6 Å². The summed E-state index contributed by atoms with van der Waals surface area (Å²) in [5.41, 5.74) is 8.84. The van der Waals surface area contributed by atoms with E-state index >= 15 is 0 Å². The number of anilines is 1. The highest BCUT2D eigenvalue weighted by molar-refractivity contribution is 6.34. The van der Waals surface area contributed by atoms with E-state index in [1.54, 1.807) is 6.07 Å². The van der Waals surface area contributed by atoms with Gasteiger partial charge in [-0.05, 0) is 30.9 Å². The fourth-order valence-corrected chi connectivity index (χ4v) is 2.80. The monoisotopic (exact) mass is 275 g/mol. The van der Waals surface area contributed by atoms with Crippen LogP contribution in [0.5, 0.6) is 0 Å². The molecule has 0 saturated heterocycles. The molecule has 1 saturated carbocycles. The quantitative estimate of drug-likeness (QED) is 0.658. The van der Waals surface area contributed by atoms with Crippen molar-refractivity contribution in [3.8, 4) is 0 Å². The highest BCUT2D eigenvalue weighted by atomic mass is 35.5. The smallest absolute Gasteiger partial charge is 0.0675 e. The summed E-state index contributed by atoms with van der Waals surface area (Å²) in [5, 5.41) is 8.91. The van der Waals surface area contributed by atoms with Crippen LogP contribution in [0.2, 0.25) is 5.02 Å². The molecule has 19 heavy (non-hydrogen) atoms. The number of nitrogens with one attached hydrogen (secondary N) is 1. The summed E-state index contributed by atoms with van der Waals surface area (Å²) in [4.78, 5) is 2.48. The predicted octanol–water partition coefficient (Wildman–Crippen LogP) is 3.08. The largest absolute Gasteiger partial charge is 0.397 e. The Morgan fingerprint density at radius 1 is 1.37 bits per heavy atom. The zero-order valence-electron chi connectivity index (χ0n) is 10.8. The fourth-order valence-electron chi connectivity index (χ4n) is 2.63. The van der Waals surface area contributed by atoms with Crippen molar-refractivity contribution in [1.29, 1.82) is 5.41 Å². The minimum atomic E-state index is 0.513. The fraction of sp³-hybridized carbons (Fsp3) is 0.400. The van der Waals surface area contributed by atoms with Crippen molar-refractivity contribution in [2.24, 2.45) is 0 Å². The first-order chi connectivity index (χ1) is 9.16. The first-order valence-corrected chi connectivity index (χ1v) is 7.11. The van der Waals surface area contributed by atoms with E-state index in [1.807, 2.05) is 12.1 Å². The molecule has 0 spiro atoms. The van der Waals surface area contributed by atoms with E-state index in [2.05, 4.69) is 11.0 Å². The zero-order chi connectivity index (χ0) is 13.4. The molecule has 0 aromatic heterocycles. The molecule has 3 rings (SSSR count). The van der Waals surface area contributed by atoms with Gasteiger partial charge in [0.05, 0.1) is 16.4 Å². The van der Waals surface area contributed by atoms with Gasteiger partial charge in [-0.1, -0.05) is 29.8 Å². The molecule has 0 amide bonds. The number of rotatable bonds is 3. The summed E-state index contributed by atoms with van der Waals surface area (Å²) in [7, 11) is 0. The van der Waals surface area contributed by atoms with Crippen molar-refractivity contribution >= 4 is 23.0 Å². The van der Waals surface area contributed by atoms with Crippen LogP contribution in [0.25, 0.3) is 0 Å². The molecule has 1 aliphatic heterocycles. The van der Waals surface area contributed by atoms with E-state index in [-0.39, 0.29) is 0 Å². The van der Waals surface area contributed by atoms with Crippen molar-refractivity contribution in [2.45, 2.75) is 25.3 Å². The van der Waals surface area contributed by atoms with Crippen LogP contribution in [0, 0.1) is 5.41 Å². The Balaban J connectivity index is 1.83. The van der Waals surface area contributed by atoms with Gasteiger partial charge >= 0.3 is 0 Å². The number of nitrogen functional groups attached to an aromatic ring is 1. The molecule has 1 aromatic rings. The van der Waals surface area contributed by atoms with Crippen molar-refractivity contribution < 1.29 is 0 Å². The normalized spacial score (nSPS) is 20.2. The minimum Gasteiger partial charge on any atom is -0.397 e. The Kier molecular flexibility index (Phi) is 3.33. The van der Waals surface area contributed by atoms with E-state index < -0.39 is 0 Å². The van der Waals surface area contributed by atoms with Crippen LogP contribution in [0.3, 0.4) is 0 Å². The average molecular weight is 276 g/mol. The second-order valence-electron chi connectivity index (χ2n) is 5.30. The van der Waals surface area contributed by atoms with Crippen molar-refractivity contribution in [2.75, 3.05) is 18.8 Å². The maximum atomic E-state index is 8.38. The first-order valence-electron chi connectivity index (χ1n) is 6.73. The summed E-state index contributed by atoms with van der Waals surface area (Å²) < 4.78 is 0. The molecule has 3 N–H and O–H groups in total. The van der Waals surface area contributed by atoms with Gasteiger partial charge in [-0.25, -0.2) is 0 Å². The second-order valence-corrected chi connectivity index (χ2v) is 5.70. The molecule has 100 valence electrons. The second kappa shape index (κ2) is 4.99. The van der Waals surface area contributed by atoms with Crippen LogP contribution in [-0.2, 0) is 0 Å². The van der Waals surface area contributed by atoms with Gasteiger partial charge in [0.25, 0.3) is 0 Å². The van der Waals surface area contributed by atoms with E-state index in [4.69, 9.17) is 22.7 Å². The molecule has 0 atom stereocenters. The standard InChI is InChI=1S/C15H18ClN3/c16-13-5-1-4-12(15(13)18)14(17)10-3-2-8-19(9-10)11-6-7-11/h1,3-5,11,17H,2,6-9,18H2. The molecule has 1 aliphatic carbocycles. The molecule has 1 aromatic carbocycles. The van der Waals surface area contributed by atoms with Crippen molar-refractivity contribution in [3.63, 3.8) is 0 Å². The lowest BCUT2D eigenvalue weighted by Crippen LogP contribution is -2.34. The van der Waals surface area contributed by atoms with E-state index in [9.17, 15) is 0 Å². The highest BCUT2D eigenvalue weighted by Crippen LogP contribution is 2.31. The Morgan fingerprint density at radius 3 is 2.89 bits per heavy atom. The Bertz CT molecular complexity index is 546. The molecule has 0 unspecified atom stereocenters. The molecular formula is C15H18ClN3. The summed E-state index contributed by atoms with van der Waals surface area (Å²) in [6, 6.07) is 6.23. The van der Waals surface area contributed by atoms with Gasteiger partial charge in [0.1, 0.15) is 0 Å². The van der Waals surface area contributed by atoms with E-state index in [0.717, 1.165) is 36.7 Å². The Morgan fingerprint density at radius 2 is 2.16 bits per heavy atom. The van der Waals surface area contributed by atoms with Gasteiger partial charge in [0.15, 0.2) is 0 Å².